The Hall–Kier alpha value is -3.06. The minimum Gasteiger partial charge on any atom is -0.489 e. The number of para-hydroxylation sites is 2. The summed E-state index contributed by atoms with van der Waals surface area (Å²) in [5.74, 6) is 0.471. The maximum Gasteiger partial charge on any atom is 0.251 e. The first-order chi connectivity index (χ1) is 16.2. The van der Waals surface area contributed by atoms with Crippen molar-refractivity contribution >= 4 is 23.2 Å². The Kier molecular flexibility index (Phi) is 8.19. The average molecular weight is 452 g/mol. The van der Waals surface area contributed by atoms with E-state index in [1.165, 1.54) is 19.3 Å². The Bertz CT molecular complexity index is 919. The monoisotopic (exact) mass is 451 g/mol. The molecule has 3 N–H and O–H groups in total. The van der Waals surface area contributed by atoms with Crippen molar-refractivity contribution in [2.45, 2.75) is 57.1 Å². The van der Waals surface area contributed by atoms with Crippen molar-refractivity contribution in [1.29, 1.82) is 0 Å². The second kappa shape index (κ2) is 11.7. The molecular weight excluding hydrogens is 418 g/mol. The summed E-state index contributed by atoms with van der Waals surface area (Å²) in [4.78, 5) is 24.9. The van der Waals surface area contributed by atoms with E-state index in [2.05, 4.69) is 16.0 Å². The quantitative estimate of drug-likeness (QED) is 0.527. The van der Waals surface area contributed by atoms with Crippen molar-refractivity contribution in [2.75, 3.05) is 30.4 Å². The van der Waals surface area contributed by atoms with Gasteiger partial charge in [-0.2, -0.15) is 0 Å². The molecule has 0 bridgehead atoms. The molecule has 0 aromatic heterocycles. The van der Waals surface area contributed by atoms with Crippen molar-refractivity contribution in [3.8, 4) is 5.75 Å². The van der Waals surface area contributed by atoms with Gasteiger partial charge in [0.2, 0.25) is 5.91 Å². The van der Waals surface area contributed by atoms with Gasteiger partial charge >= 0.3 is 0 Å². The lowest BCUT2D eigenvalue weighted by Gasteiger charge is -2.22. The van der Waals surface area contributed by atoms with E-state index in [-0.39, 0.29) is 30.5 Å². The lowest BCUT2D eigenvalue weighted by Crippen LogP contribution is -2.36. The van der Waals surface area contributed by atoms with Gasteiger partial charge in [-0.1, -0.05) is 31.4 Å². The maximum absolute atomic E-state index is 12.4. The van der Waals surface area contributed by atoms with E-state index < -0.39 is 0 Å². The largest absolute Gasteiger partial charge is 0.489 e. The number of rotatable bonds is 9. The van der Waals surface area contributed by atoms with Crippen LogP contribution >= 0.6 is 0 Å². The van der Waals surface area contributed by atoms with Crippen LogP contribution in [0, 0.1) is 0 Å². The third kappa shape index (κ3) is 6.96. The van der Waals surface area contributed by atoms with E-state index in [0.29, 0.717) is 23.6 Å². The number of carbonyl (C=O) groups excluding carboxylic acids is 2. The molecule has 2 amide bonds. The topological polar surface area (TPSA) is 88.7 Å². The standard InChI is InChI=1S/C26H33N3O4/c30-25(17-27-23-10-4-5-11-24(23)33-18-22-9-6-16-32-22)28-21-14-12-19(13-15-21)26(31)29-20-7-2-1-3-8-20/h4-5,10-15,20,22,27H,1-3,6-9,16-18H2,(H,28,30)(H,29,31). The molecule has 0 radical (unpaired) electrons. The van der Waals surface area contributed by atoms with Crippen LogP contribution in [0.4, 0.5) is 11.4 Å². The molecule has 1 saturated heterocycles. The van der Waals surface area contributed by atoms with Crippen LogP contribution in [0.25, 0.3) is 0 Å². The molecule has 1 saturated carbocycles. The number of carbonyl (C=O) groups is 2. The van der Waals surface area contributed by atoms with Crippen LogP contribution in [0.1, 0.15) is 55.3 Å². The van der Waals surface area contributed by atoms with Crippen LogP contribution in [-0.4, -0.2) is 43.7 Å². The second-order valence-corrected chi connectivity index (χ2v) is 8.73. The van der Waals surface area contributed by atoms with Gasteiger partial charge in [0.25, 0.3) is 5.91 Å². The Labute approximate surface area is 195 Å². The van der Waals surface area contributed by atoms with Gasteiger partial charge in [0.1, 0.15) is 12.4 Å². The summed E-state index contributed by atoms with van der Waals surface area (Å²) in [6.45, 7) is 1.40. The summed E-state index contributed by atoms with van der Waals surface area (Å²) in [5.41, 5.74) is 2.02. The highest BCUT2D eigenvalue weighted by Crippen LogP contribution is 2.25. The number of benzene rings is 2. The highest BCUT2D eigenvalue weighted by Gasteiger charge is 2.18. The summed E-state index contributed by atoms with van der Waals surface area (Å²) in [5, 5.41) is 9.11. The predicted molar refractivity (Wildman–Crippen MR) is 129 cm³/mol. The molecule has 0 spiro atoms. The molecule has 2 aromatic carbocycles. The summed E-state index contributed by atoms with van der Waals surface area (Å²) in [7, 11) is 0. The number of ether oxygens (including phenoxy) is 2. The average Bonchev–Trinajstić information content (AvgIpc) is 3.37. The summed E-state index contributed by atoms with van der Waals surface area (Å²) < 4.78 is 11.5. The molecule has 2 fully saturated rings. The van der Waals surface area contributed by atoms with Gasteiger partial charge in [0.15, 0.2) is 0 Å². The number of anilines is 2. The minimum atomic E-state index is -0.177. The molecule has 2 aromatic rings. The molecule has 176 valence electrons. The third-order valence-electron chi connectivity index (χ3n) is 6.15. The van der Waals surface area contributed by atoms with E-state index in [4.69, 9.17) is 9.47 Å². The predicted octanol–water partition coefficient (Wildman–Crippen LogP) is 4.36. The van der Waals surface area contributed by atoms with E-state index in [9.17, 15) is 9.59 Å². The molecule has 1 unspecified atom stereocenters. The normalized spacial score (nSPS) is 18.5. The lowest BCUT2D eigenvalue weighted by atomic mass is 9.95. The van der Waals surface area contributed by atoms with E-state index >= 15 is 0 Å². The van der Waals surface area contributed by atoms with Crippen molar-refractivity contribution in [2.24, 2.45) is 0 Å². The maximum atomic E-state index is 12.4. The van der Waals surface area contributed by atoms with E-state index in [1.54, 1.807) is 24.3 Å². The fourth-order valence-electron chi connectivity index (χ4n) is 4.30. The summed E-state index contributed by atoms with van der Waals surface area (Å²) in [6.07, 6.45) is 7.92. The second-order valence-electron chi connectivity index (χ2n) is 8.73. The first-order valence-electron chi connectivity index (χ1n) is 12.0. The Morgan fingerprint density at radius 2 is 1.73 bits per heavy atom. The van der Waals surface area contributed by atoms with Crippen LogP contribution in [0.3, 0.4) is 0 Å². The van der Waals surface area contributed by atoms with Gasteiger partial charge < -0.3 is 25.4 Å². The number of hydrogen-bond acceptors (Lipinski definition) is 5. The van der Waals surface area contributed by atoms with Crippen LogP contribution in [0.2, 0.25) is 0 Å². The smallest absolute Gasteiger partial charge is 0.251 e. The molecule has 7 nitrogen and oxygen atoms in total. The molecule has 33 heavy (non-hydrogen) atoms. The molecule has 7 heteroatoms. The zero-order valence-electron chi connectivity index (χ0n) is 19.0. The molecule has 2 aliphatic rings. The molecular formula is C26H33N3O4. The highest BCUT2D eigenvalue weighted by atomic mass is 16.5. The fraction of sp³-hybridized carbons (Fsp3) is 0.462. The molecule has 1 atom stereocenters. The van der Waals surface area contributed by atoms with Crippen LogP contribution < -0.4 is 20.7 Å². The van der Waals surface area contributed by atoms with Gasteiger partial charge in [0.05, 0.1) is 18.3 Å². The van der Waals surface area contributed by atoms with Crippen LogP contribution in [0.15, 0.2) is 48.5 Å². The summed E-state index contributed by atoms with van der Waals surface area (Å²) in [6, 6.07) is 14.8. The third-order valence-corrected chi connectivity index (χ3v) is 6.15. The minimum absolute atomic E-state index is 0.0546. The van der Waals surface area contributed by atoms with Gasteiger partial charge in [-0.05, 0) is 62.1 Å². The van der Waals surface area contributed by atoms with Crippen molar-refractivity contribution < 1.29 is 19.1 Å². The van der Waals surface area contributed by atoms with E-state index in [0.717, 1.165) is 38.0 Å². The SMILES string of the molecule is O=C(CNc1ccccc1OCC1CCCO1)Nc1ccc(C(=O)NC2CCCCC2)cc1. The van der Waals surface area contributed by atoms with E-state index in [1.807, 2.05) is 24.3 Å². The van der Waals surface area contributed by atoms with Crippen molar-refractivity contribution in [3.05, 3.63) is 54.1 Å². The number of nitrogens with one attached hydrogen (secondary N) is 3. The van der Waals surface area contributed by atoms with Crippen LogP contribution in [-0.2, 0) is 9.53 Å². The number of amides is 2. The van der Waals surface area contributed by atoms with Gasteiger partial charge in [-0.15, -0.1) is 0 Å². The fourth-order valence-corrected chi connectivity index (χ4v) is 4.30. The Morgan fingerprint density at radius 3 is 2.48 bits per heavy atom. The number of hydrogen-bond donors (Lipinski definition) is 3. The summed E-state index contributed by atoms with van der Waals surface area (Å²) >= 11 is 0. The first-order valence-corrected chi connectivity index (χ1v) is 12.0. The van der Waals surface area contributed by atoms with Gasteiger partial charge in [-0.25, -0.2) is 0 Å². The first kappa shape index (κ1) is 23.1. The molecule has 1 aliphatic carbocycles. The molecule has 1 heterocycles. The Balaban J connectivity index is 1.24. The zero-order chi connectivity index (χ0) is 22.9. The molecule has 4 rings (SSSR count). The van der Waals surface area contributed by atoms with Gasteiger partial charge in [0, 0.05) is 23.9 Å². The van der Waals surface area contributed by atoms with Crippen molar-refractivity contribution in [1.82, 2.24) is 5.32 Å². The van der Waals surface area contributed by atoms with Gasteiger partial charge in [-0.3, -0.25) is 9.59 Å². The lowest BCUT2D eigenvalue weighted by molar-refractivity contribution is -0.114. The highest BCUT2D eigenvalue weighted by molar-refractivity contribution is 5.96. The Morgan fingerprint density at radius 1 is 0.939 bits per heavy atom. The van der Waals surface area contributed by atoms with Crippen LogP contribution in [0.5, 0.6) is 5.75 Å². The molecule has 1 aliphatic heterocycles. The van der Waals surface area contributed by atoms with Crippen molar-refractivity contribution in [3.63, 3.8) is 0 Å². The zero-order valence-corrected chi connectivity index (χ0v) is 19.0.